The summed E-state index contributed by atoms with van der Waals surface area (Å²) in [5, 5.41) is 12.6. The van der Waals surface area contributed by atoms with Gasteiger partial charge in [-0.05, 0) is 19.4 Å². The number of rotatable bonds is 3. The molecule has 2 aromatic rings. The molecule has 7 nitrogen and oxygen atoms in total. The highest BCUT2D eigenvalue weighted by Gasteiger charge is 2.24. The second-order valence-corrected chi connectivity index (χ2v) is 5.52. The first-order valence-corrected chi connectivity index (χ1v) is 7.72. The van der Waals surface area contributed by atoms with Gasteiger partial charge in [0, 0.05) is 12.6 Å². The third-order valence-corrected chi connectivity index (χ3v) is 3.91. The van der Waals surface area contributed by atoms with Gasteiger partial charge in [0.1, 0.15) is 11.5 Å². The van der Waals surface area contributed by atoms with Gasteiger partial charge in [-0.15, -0.1) is 0 Å². The first-order chi connectivity index (χ1) is 11.5. The second kappa shape index (κ2) is 6.19. The maximum Gasteiger partial charge on any atom is 0.413 e. The van der Waals surface area contributed by atoms with E-state index in [0.717, 1.165) is 16.2 Å². The lowest BCUT2D eigenvalue weighted by molar-refractivity contribution is 0.202. The number of nitrogens with one attached hydrogen (secondary N) is 1. The molecule has 1 aromatic heterocycles. The van der Waals surface area contributed by atoms with Crippen LogP contribution in [0.3, 0.4) is 0 Å². The van der Waals surface area contributed by atoms with Crippen LogP contribution in [0.15, 0.2) is 41.4 Å². The fraction of sp³-hybridized carbons (Fsp3) is 0.235. The Bertz CT molecular complexity index is 804. The van der Waals surface area contributed by atoms with Gasteiger partial charge < -0.3 is 16.2 Å². The fourth-order valence-corrected chi connectivity index (χ4v) is 2.75. The number of fused-ring (bicyclic) bond motifs is 1. The van der Waals surface area contributed by atoms with Gasteiger partial charge in [0.25, 0.3) is 0 Å². The fourth-order valence-electron chi connectivity index (χ4n) is 2.75. The van der Waals surface area contributed by atoms with Crippen molar-refractivity contribution in [3.63, 3.8) is 0 Å². The van der Waals surface area contributed by atoms with E-state index in [1.54, 1.807) is 13.0 Å². The van der Waals surface area contributed by atoms with Crippen molar-refractivity contribution in [3.8, 4) is 0 Å². The molecule has 1 atom stereocenters. The number of carbonyl (C=O) groups is 1. The number of nitrogens with zero attached hydrogens (tertiary/aromatic N) is 3. The molecule has 1 aliphatic rings. The molecule has 0 fully saturated rings. The number of nitrogens with two attached hydrogens (primary N) is 1. The maximum atomic E-state index is 11.3. The lowest BCUT2D eigenvalue weighted by Gasteiger charge is -2.26. The zero-order valence-electron chi connectivity index (χ0n) is 13.5. The molecule has 0 spiro atoms. The van der Waals surface area contributed by atoms with Crippen LogP contribution in [0.4, 0.5) is 27.8 Å². The van der Waals surface area contributed by atoms with Gasteiger partial charge in [0.2, 0.25) is 0 Å². The third-order valence-electron chi connectivity index (χ3n) is 3.91. The number of nitrogen functional groups attached to an aromatic ring is 1. The molecule has 1 aromatic carbocycles. The highest BCUT2D eigenvalue weighted by atomic mass is 16.4. The molecule has 4 N–H and O–H groups in total. The summed E-state index contributed by atoms with van der Waals surface area (Å²) in [5.41, 5.74) is 9.14. The number of aliphatic imine (C=N–C) groups is 1. The molecule has 0 aliphatic carbocycles. The van der Waals surface area contributed by atoms with E-state index in [9.17, 15) is 9.90 Å². The van der Waals surface area contributed by atoms with Crippen LogP contribution in [0.5, 0.6) is 0 Å². The Labute approximate surface area is 139 Å². The molecule has 0 saturated carbocycles. The van der Waals surface area contributed by atoms with Crippen molar-refractivity contribution >= 4 is 34.8 Å². The van der Waals surface area contributed by atoms with E-state index in [0.29, 0.717) is 17.2 Å². The Morgan fingerprint density at radius 1 is 1.38 bits per heavy atom. The Balaban J connectivity index is 2.07. The summed E-state index contributed by atoms with van der Waals surface area (Å²) in [5.74, 6) is 0.495. The molecule has 3 rings (SSSR count). The lowest BCUT2D eigenvalue weighted by atomic mass is 10.0. The van der Waals surface area contributed by atoms with Crippen molar-refractivity contribution in [2.75, 3.05) is 22.5 Å². The van der Waals surface area contributed by atoms with Crippen molar-refractivity contribution in [2.24, 2.45) is 4.99 Å². The Morgan fingerprint density at radius 3 is 2.71 bits per heavy atom. The van der Waals surface area contributed by atoms with Gasteiger partial charge in [-0.3, -0.25) is 4.90 Å². The van der Waals surface area contributed by atoms with Crippen LogP contribution in [-0.2, 0) is 0 Å². The van der Waals surface area contributed by atoms with Crippen LogP contribution in [0, 0.1) is 0 Å². The number of benzene rings is 1. The van der Waals surface area contributed by atoms with Crippen LogP contribution in [0.2, 0.25) is 0 Å². The van der Waals surface area contributed by atoms with E-state index >= 15 is 0 Å². The first kappa shape index (κ1) is 15.8. The van der Waals surface area contributed by atoms with Crippen LogP contribution in [0.1, 0.15) is 19.4 Å². The van der Waals surface area contributed by atoms with E-state index in [1.165, 1.54) is 0 Å². The second-order valence-electron chi connectivity index (χ2n) is 5.52. The Kier molecular flexibility index (Phi) is 4.07. The van der Waals surface area contributed by atoms with Gasteiger partial charge >= 0.3 is 6.09 Å². The molecule has 7 heteroatoms. The zero-order chi connectivity index (χ0) is 17.3. The summed E-state index contributed by atoms with van der Waals surface area (Å²) in [7, 11) is 0. The standard InChI is InChI=1S/C17H19N5O2/c1-3-22(17(23)24)13-9-12-15(16(18)20-13)21-14(10(2)19-12)11-7-5-4-6-8-11/h4-10,19H,3H2,1-2H3,(H2,18,20)(H,23,24)/t10-/m1/s1. The summed E-state index contributed by atoms with van der Waals surface area (Å²) in [4.78, 5) is 21.3. The predicted molar refractivity (Wildman–Crippen MR) is 95.4 cm³/mol. The number of aromatic nitrogens is 1. The molecule has 0 bridgehead atoms. The van der Waals surface area contributed by atoms with Crippen LogP contribution >= 0.6 is 0 Å². The van der Waals surface area contributed by atoms with Crippen molar-refractivity contribution in [2.45, 2.75) is 19.9 Å². The molecule has 0 unspecified atom stereocenters. The molecule has 24 heavy (non-hydrogen) atoms. The number of pyridine rings is 1. The summed E-state index contributed by atoms with van der Waals surface area (Å²) in [6.45, 7) is 4.03. The largest absolute Gasteiger partial charge is 0.465 e. The highest BCUT2D eigenvalue weighted by molar-refractivity contribution is 6.10. The van der Waals surface area contributed by atoms with Gasteiger partial charge in [0.05, 0.1) is 17.4 Å². The van der Waals surface area contributed by atoms with E-state index < -0.39 is 6.09 Å². The monoisotopic (exact) mass is 325 g/mol. The molecule has 1 aliphatic heterocycles. The first-order valence-electron chi connectivity index (χ1n) is 7.72. The molecule has 0 saturated heterocycles. The maximum absolute atomic E-state index is 11.3. The minimum atomic E-state index is -1.07. The van der Waals surface area contributed by atoms with Crippen molar-refractivity contribution in [3.05, 3.63) is 42.0 Å². The topological polar surface area (TPSA) is 104 Å². The molecule has 2 heterocycles. The normalized spacial score (nSPS) is 15.9. The summed E-state index contributed by atoms with van der Waals surface area (Å²) < 4.78 is 0. The molecule has 1 amide bonds. The molecular weight excluding hydrogens is 306 g/mol. The van der Waals surface area contributed by atoms with Crippen molar-refractivity contribution < 1.29 is 9.90 Å². The van der Waals surface area contributed by atoms with Crippen LogP contribution in [0.25, 0.3) is 0 Å². The third kappa shape index (κ3) is 2.76. The smallest absolute Gasteiger partial charge is 0.413 e. The van der Waals surface area contributed by atoms with Gasteiger partial charge in [-0.2, -0.15) is 0 Å². The number of anilines is 3. The number of carboxylic acid groups (broad SMARTS) is 1. The van der Waals surface area contributed by atoms with Crippen molar-refractivity contribution in [1.82, 2.24) is 4.98 Å². The van der Waals surface area contributed by atoms with Crippen LogP contribution in [-0.4, -0.2) is 34.5 Å². The Hall–Kier alpha value is -3.09. The minimum Gasteiger partial charge on any atom is -0.465 e. The quantitative estimate of drug-likeness (QED) is 0.804. The molecule has 0 radical (unpaired) electrons. The number of amides is 1. The highest BCUT2D eigenvalue weighted by Crippen LogP contribution is 2.38. The average molecular weight is 325 g/mol. The predicted octanol–water partition coefficient (Wildman–Crippen LogP) is 3.10. The van der Waals surface area contributed by atoms with E-state index in [1.807, 2.05) is 37.3 Å². The summed E-state index contributed by atoms with van der Waals surface area (Å²) >= 11 is 0. The van der Waals surface area contributed by atoms with Gasteiger partial charge in [-0.1, -0.05) is 30.3 Å². The average Bonchev–Trinajstić information content (AvgIpc) is 2.55. The minimum absolute atomic E-state index is 0.0329. The van der Waals surface area contributed by atoms with Gasteiger partial charge in [0.15, 0.2) is 5.82 Å². The SMILES string of the molecule is CCN(C(=O)O)c1cc2c(c(N)n1)N=C(c1ccccc1)[C@@H](C)N2. The van der Waals surface area contributed by atoms with E-state index in [4.69, 9.17) is 5.73 Å². The molecular formula is C17H19N5O2. The Morgan fingerprint density at radius 2 is 2.08 bits per heavy atom. The number of hydrogen-bond acceptors (Lipinski definition) is 5. The lowest BCUT2D eigenvalue weighted by Crippen LogP contribution is -2.32. The van der Waals surface area contributed by atoms with Gasteiger partial charge in [-0.25, -0.2) is 14.8 Å². The zero-order valence-corrected chi connectivity index (χ0v) is 13.5. The van der Waals surface area contributed by atoms with Crippen molar-refractivity contribution in [1.29, 1.82) is 0 Å². The summed E-state index contributed by atoms with van der Waals surface area (Å²) in [6.07, 6.45) is -1.07. The number of hydrogen-bond donors (Lipinski definition) is 3. The summed E-state index contributed by atoms with van der Waals surface area (Å²) in [6, 6.07) is 11.5. The van der Waals surface area contributed by atoms with E-state index in [2.05, 4.69) is 15.3 Å². The van der Waals surface area contributed by atoms with Crippen LogP contribution < -0.4 is 16.0 Å². The molecule has 124 valence electrons. The van der Waals surface area contributed by atoms with E-state index in [-0.39, 0.29) is 18.4 Å².